The highest BCUT2D eigenvalue weighted by Crippen LogP contribution is 2.21. The van der Waals surface area contributed by atoms with E-state index in [2.05, 4.69) is 0 Å². The zero-order valence-electron chi connectivity index (χ0n) is 12.5. The Hall–Kier alpha value is -1.10. The van der Waals surface area contributed by atoms with Crippen molar-refractivity contribution in [3.8, 4) is 0 Å². The Kier molecular flexibility index (Phi) is 5.80. The topological polar surface area (TPSA) is 72.6 Å². The van der Waals surface area contributed by atoms with E-state index in [1.54, 1.807) is 7.05 Å². The third kappa shape index (κ3) is 3.98. The lowest BCUT2D eigenvalue weighted by molar-refractivity contribution is -0.154. The summed E-state index contributed by atoms with van der Waals surface area (Å²) in [5, 5.41) is 0. The second-order valence-corrected chi connectivity index (χ2v) is 6.00. The number of hydrogen-bond donors (Lipinski definition) is 1. The first-order valence-electron chi connectivity index (χ1n) is 6.14. The number of rotatable bonds is 4. The predicted molar refractivity (Wildman–Crippen MR) is 70.8 cm³/mol. The Bertz CT molecular complexity index is 308. The standard InChI is InChI=1S/C13H26N2O3/c1-8(2)9(12(17)18-7)15(6)11(16)10(14)13(3,4)5/h8-10H,14H2,1-7H3/t9-,10?/m0/s1. The van der Waals surface area contributed by atoms with Gasteiger partial charge in [-0.2, -0.15) is 0 Å². The van der Waals surface area contributed by atoms with Crippen LogP contribution in [0.15, 0.2) is 0 Å². The zero-order chi connectivity index (χ0) is 14.7. The lowest BCUT2D eigenvalue weighted by atomic mass is 9.86. The van der Waals surface area contributed by atoms with Gasteiger partial charge in [0.1, 0.15) is 6.04 Å². The summed E-state index contributed by atoms with van der Waals surface area (Å²) < 4.78 is 4.74. The van der Waals surface area contributed by atoms with Crippen molar-refractivity contribution < 1.29 is 14.3 Å². The minimum atomic E-state index is -0.645. The number of methoxy groups -OCH3 is 1. The van der Waals surface area contributed by atoms with Gasteiger partial charge in [-0.3, -0.25) is 4.79 Å². The maximum atomic E-state index is 12.2. The first-order chi connectivity index (χ1) is 8.03. The van der Waals surface area contributed by atoms with Crippen LogP contribution >= 0.6 is 0 Å². The monoisotopic (exact) mass is 258 g/mol. The van der Waals surface area contributed by atoms with Crippen LogP contribution < -0.4 is 5.73 Å². The Labute approximate surface area is 110 Å². The van der Waals surface area contributed by atoms with Crippen LogP contribution in [0.2, 0.25) is 0 Å². The zero-order valence-corrected chi connectivity index (χ0v) is 12.5. The molecule has 0 radical (unpaired) electrons. The summed E-state index contributed by atoms with van der Waals surface area (Å²) in [6, 6.07) is -1.25. The van der Waals surface area contributed by atoms with Crippen LogP contribution in [0.1, 0.15) is 34.6 Å². The van der Waals surface area contributed by atoms with Gasteiger partial charge in [-0.15, -0.1) is 0 Å². The fraction of sp³-hybridized carbons (Fsp3) is 0.846. The van der Waals surface area contributed by atoms with Crippen molar-refractivity contribution in [3.05, 3.63) is 0 Å². The fourth-order valence-corrected chi connectivity index (χ4v) is 1.73. The molecule has 2 atom stereocenters. The third-order valence-corrected chi connectivity index (χ3v) is 3.04. The molecule has 1 unspecified atom stereocenters. The van der Waals surface area contributed by atoms with Crippen molar-refractivity contribution in [1.82, 2.24) is 4.90 Å². The Balaban J connectivity index is 5.05. The number of esters is 1. The van der Waals surface area contributed by atoms with E-state index < -0.39 is 18.1 Å². The smallest absolute Gasteiger partial charge is 0.328 e. The molecule has 5 heteroatoms. The van der Waals surface area contributed by atoms with Crippen LogP contribution in [0.25, 0.3) is 0 Å². The van der Waals surface area contributed by atoms with Crippen molar-refractivity contribution in [2.24, 2.45) is 17.1 Å². The first-order valence-corrected chi connectivity index (χ1v) is 6.14. The Morgan fingerprint density at radius 2 is 1.67 bits per heavy atom. The molecule has 0 aromatic carbocycles. The SMILES string of the molecule is COC(=O)[C@H](C(C)C)N(C)C(=O)C(N)C(C)(C)C. The Morgan fingerprint density at radius 1 is 1.22 bits per heavy atom. The van der Waals surface area contributed by atoms with E-state index in [1.165, 1.54) is 12.0 Å². The molecule has 5 nitrogen and oxygen atoms in total. The van der Waals surface area contributed by atoms with E-state index in [1.807, 2.05) is 34.6 Å². The summed E-state index contributed by atoms with van der Waals surface area (Å²) in [6.45, 7) is 9.42. The highest BCUT2D eigenvalue weighted by Gasteiger charge is 2.36. The molecule has 106 valence electrons. The lowest BCUT2D eigenvalue weighted by Gasteiger charge is -2.34. The average Bonchev–Trinajstić information content (AvgIpc) is 2.24. The summed E-state index contributed by atoms with van der Waals surface area (Å²) in [6.07, 6.45) is 0. The maximum absolute atomic E-state index is 12.2. The number of likely N-dealkylation sites (N-methyl/N-ethyl adjacent to an activating group) is 1. The molecule has 0 aliphatic rings. The third-order valence-electron chi connectivity index (χ3n) is 3.04. The molecule has 0 aromatic heterocycles. The summed E-state index contributed by atoms with van der Waals surface area (Å²) in [5.41, 5.74) is 5.59. The summed E-state index contributed by atoms with van der Waals surface area (Å²) in [4.78, 5) is 25.4. The molecule has 2 N–H and O–H groups in total. The van der Waals surface area contributed by atoms with E-state index >= 15 is 0 Å². The van der Waals surface area contributed by atoms with Crippen LogP contribution in [0, 0.1) is 11.3 Å². The van der Waals surface area contributed by atoms with Crippen LogP contribution in [0.5, 0.6) is 0 Å². The van der Waals surface area contributed by atoms with Crippen molar-refractivity contribution in [2.45, 2.75) is 46.7 Å². The van der Waals surface area contributed by atoms with Gasteiger partial charge in [0.2, 0.25) is 5.91 Å². The molecule has 0 bridgehead atoms. The van der Waals surface area contributed by atoms with Gasteiger partial charge in [-0.05, 0) is 11.3 Å². The van der Waals surface area contributed by atoms with Crippen LogP contribution in [-0.2, 0) is 14.3 Å². The van der Waals surface area contributed by atoms with Gasteiger partial charge in [0.25, 0.3) is 0 Å². The largest absolute Gasteiger partial charge is 0.467 e. The normalized spacial score (nSPS) is 15.2. The summed E-state index contributed by atoms with van der Waals surface area (Å²) >= 11 is 0. The second kappa shape index (κ2) is 6.18. The quantitative estimate of drug-likeness (QED) is 0.764. The van der Waals surface area contributed by atoms with E-state index in [9.17, 15) is 9.59 Å². The molecule has 1 amide bonds. The molecule has 0 spiro atoms. The van der Waals surface area contributed by atoms with E-state index in [0.717, 1.165) is 0 Å². The first kappa shape index (κ1) is 16.9. The molecule has 0 aliphatic heterocycles. The van der Waals surface area contributed by atoms with Crippen molar-refractivity contribution in [1.29, 1.82) is 0 Å². The van der Waals surface area contributed by atoms with Gasteiger partial charge >= 0.3 is 5.97 Å². The molecule has 0 rings (SSSR count). The predicted octanol–water partition coefficient (Wildman–Crippen LogP) is 1.02. The van der Waals surface area contributed by atoms with Gasteiger partial charge < -0.3 is 15.4 Å². The van der Waals surface area contributed by atoms with Crippen LogP contribution in [-0.4, -0.2) is 43.0 Å². The van der Waals surface area contributed by atoms with Gasteiger partial charge in [0.05, 0.1) is 13.2 Å². The number of carbonyl (C=O) groups is 2. The van der Waals surface area contributed by atoms with E-state index in [0.29, 0.717) is 0 Å². The molecule has 0 aromatic rings. The van der Waals surface area contributed by atoms with E-state index in [-0.39, 0.29) is 17.2 Å². The average molecular weight is 258 g/mol. The van der Waals surface area contributed by atoms with Crippen molar-refractivity contribution in [3.63, 3.8) is 0 Å². The summed E-state index contributed by atoms with van der Waals surface area (Å²) in [7, 11) is 2.91. The van der Waals surface area contributed by atoms with E-state index in [4.69, 9.17) is 10.5 Å². The molecule has 0 saturated carbocycles. The molecular weight excluding hydrogens is 232 g/mol. The molecule has 0 saturated heterocycles. The Morgan fingerprint density at radius 3 is 1.94 bits per heavy atom. The number of ether oxygens (including phenoxy) is 1. The van der Waals surface area contributed by atoms with Gasteiger partial charge in [0, 0.05) is 7.05 Å². The number of nitrogens with zero attached hydrogens (tertiary/aromatic N) is 1. The minimum Gasteiger partial charge on any atom is -0.467 e. The van der Waals surface area contributed by atoms with Gasteiger partial charge in [-0.1, -0.05) is 34.6 Å². The molecule has 0 aliphatic carbocycles. The minimum absolute atomic E-state index is 0.0291. The molecule has 18 heavy (non-hydrogen) atoms. The maximum Gasteiger partial charge on any atom is 0.328 e. The van der Waals surface area contributed by atoms with Crippen LogP contribution in [0.3, 0.4) is 0 Å². The molecule has 0 heterocycles. The van der Waals surface area contributed by atoms with Crippen LogP contribution in [0.4, 0.5) is 0 Å². The number of hydrogen-bond acceptors (Lipinski definition) is 4. The highest BCUT2D eigenvalue weighted by molar-refractivity contribution is 5.87. The van der Waals surface area contributed by atoms with Crippen molar-refractivity contribution in [2.75, 3.05) is 14.2 Å². The van der Waals surface area contributed by atoms with Gasteiger partial charge in [0.15, 0.2) is 0 Å². The van der Waals surface area contributed by atoms with Crippen molar-refractivity contribution >= 4 is 11.9 Å². The number of nitrogens with two attached hydrogens (primary N) is 1. The molecular formula is C13H26N2O3. The van der Waals surface area contributed by atoms with Gasteiger partial charge in [-0.25, -0.2) is 4.79 Å². The lowest BCUT2D eigenvalue weighted by Crippen LogP contribution is -2.55. The fourth-order valence-electron chi connectivity index (χ4n) is 1.73. The highest BCUT2D eigenvalue weighted by atomic mass is 16.5. The second-order valence-electron chi connectivity index (χ2n) is 6.00. The molecule has 0 fully saturated rings. The summed E-state index contributed by atoms with van der Waals surface area (Å²) in [5.74, 6) is -0.688. The number of carbonyl (C=O) groups excluding carboxylic acids is 2. The number of amides is 1.